The van der Waals surface area contributed by atoms with Crippen molar-refractivity contribution in [3.8, 4) is 11.5 Å². The first-order chi connectivity index (χ1) is 13.4. The van der Waals surface area contributed by atoms with Crippen LogP contribution < -0.4 is 14.4 Å². The van der Waals surface area contributed by atoms with Crippen molar-refractivity contribution >= 4 is 5.69 Å². The normalized spacial score (nSPS) is 19.0. The molecule has 27 heavy (non-hydrogen) atoms. The van der Waals surface area contributed by atoms with Gasteiger partial charge >= 0.3 is 0 Å². The van der Waals surface area contributed by atoms with Crippen molar-refractivity contribution in [2.24, 2.45) is 0 Å². The van der Waals surface area contributed by atoms with Gasteiger partial charge in [0.05, 0.1) is 12.1 Å². The van der Waals surface area contributed by atoms with Gasteiger partial charge in [-0.15, -0.1) is 0 Å². The Labute approximate surface area is 160 Å². The molecule has 0 spiro atoms. The summed E-state index contributed by atoms with van der Waals surface area (Å²) in [7, 11) is 0. The van der Waals surface area contributed by atoms with Crippen molar-refractivity contribution in [3.05, 3.63) is 85.2 Å². The second kappa shape index (κ2) is 8.58. The molecule has 0 aliphatic carbocycles. The maximum Gasteiger partial charge on any atom is 0.119 e. The zero-order valence-corrected chi connectivity index (χ0v) is 15.3. The number of aromatic nitrogens is 1. The van der Waals surface area contributed by atoms with Crippen LogP contribution in [0.2, 0.25) is 0 Å². The molecule has 1 aliphatic heterocycles. The van der Waals surface area contributed by atoms with E-state index in [9.17, 15) is 0 Å². The van der Waals surface area contributed by atoms with Crippen molar-refractivity contribution in [3.63, 3.8) is 0 Å². The van der Waals surface area contributed by atoms with Crippen LogP contribution >= 0.6 is 0 Å². The predicted octanol–water partition coefficient (Wildman–Crippen LogP) is 4.58. The smallest absolute Gasteiger partial charge is 0.119 e. The van der Waals surface area contributed by atoms with Crippen LogP contribution in [0.25, 0.3) is 0 Å². The maximum atomic E-state index is 6.05. The highest BCUT2D eigenvalue weighted by atomic mass is 16.5. The van der Waals surface area contributed by atoms with E-state index in [0.29, 0.717) is 25.3 Å². The van der Waals surface area contributed by atoms with Gasteiger partial charge in [0.1, 0.15) is 24.7 Å². The van der Waals surface area contributed by atoms with Crippen LogP contribution in [-0.4, -0.2) is 30.3 Å². The molecule has 0 unspecified atom stereocenters. The molecule has 2 heterocycles. The second-order valence-electron chi connectivity index (χ2n) is 6.75. The number of hydrogen-bond donors (Lipinski definition) is 0. The number of para-hydroxylation sites is 2. The van der Waals surface area contributed by atoms with Gasteiger partial charge in [0.25, 0.3) is 0 Å². The van der Waals surface area contributed by atoms with Crippen LogP contribution in [0.15, 0.2) is 85.2 Å². The fraction of sp³-hybridized carbons (Fsp3) is 0.261. The molecule has 4 nitrogen and oxygen atoms in total. The molecule has 1 aromatic heterocycles. The number of benzene rings is 2. The fourth-order valence-corrected chi connectivity index (χ4v) is 3.64. The zero-order chi connectivity index (χ0) is 18.3. The SMILES string of the molecule is c1ccc(OC[C@@H]2CC[C@@H](COc3ccccc3)N2c2ccncc2)cc1. The lowest BCUT2D eigenvalue weighted by Gasteiger charge is -2.32. The van der Waals surface area contributed by atoms with Gasteiger partial charge in [0.15, 0.2) is 0 Å². The average molecular weight is 360 g/mol. The predicted molar refractivity (Wildman–Crippen MR) is 107 cm³/mol. The Morgan fingerprint density at radius 1 is 0.704 bits per heavy atom. The Morgan fingerprint density at radius 2 is 1.19 bits per heavy atom. The van der Waals surface area contributed by atoms with Gasteiger partial charge in [-0.25, -0.2) is 0 Å². The first-order valence-electron chi connectivity index (χ1n) is 9.44. The summed E-state index contributed by atoms with van der Waals surface area (Å²) in [6.45, 7) is 1.32. The molecule has 0 N–H and O–H groups in total. The minimum absolute atomic E-state index is 0.317. The molecule has 138 valence electrons. The van der Waals surface area contributed by atoms with Crippen LogP contribution in [0.5, 0.6) is 11.5 Å². The Hall–Kier alpha value is -3.01. The summed E-state index contributed by atoms with van der Waals surface area (Å²) < 4.78 is 12.1. The Morgan fingerprint density at radius 3 is 1.67 bits per heavy atom. The molecule has 2 atom stereocenters. The van der Waals surface area contributed by atoms with Gasteiger partial charge in [-0.2, -0.15) is 0 Å². The minimum Gasteiger partial charge on any atom is -0.491 e. The van der Waals surface area contributed by atoms with Crippen LogP contribution in [0.1, 0.15) is 12.8 Å². The summed E-state index contributed by atoms with van der Waals surface area (Å²) in [5.41, 5.74) is 1.17. The van der Waals surface area contributed by atoms with Gasteiger partial charge in [-0.3, -0.25) is 4.98 Å². The lowest BCUT2D eigenvalue weighted by Crippen LogP contribution is -2.42. The van der Waals surface area contributed by atoms with Crippen molar-refractivity contribution < 1.29 is 9.47 Å². The van der Waals surface area contributed by atoms with E-state index in [0.717, 1.165) is 24.3 Å². The first kappa shape index (κ1) is 17.4. The Bertz CT molecular complexity index is 760. The van der Waals surface area contributed by atoms with Gasteiger partial charge in [-0.05, 0) is 49.2 Å². The van der Waals surface area contributed by atoms with E-state index in [2.05, 4.69) is 22.0 Å². The van der Waals surface area contributed by atoms with Gasteiger partial charge < -0.3 is 14.4 Å². The van der Waals surface area contributed by atoms with E-state index in [1.807, 2.05) is 73.1 Å². The molecule has 0 saturated carbocycles. The van der Waals surface area contributed by atoms with Crippen molar-refractivity contribution in [1.29, 1.82) is 0 Å². The average Bonchev–Trinajstić information content (AvgIpc) is 3.16. The Kier molecular flexibility index (Phi) is 5.53. The lowest BCUT2D eigenvalue weighted by atomic mass is 10.2. The van der Waals surface area contributed by atoms with Gasteiger partial charge in [-0.1, -0.05) is 36.4 Å². The molecule has 4 heteroatoms. The van der Waals surface area contributed by atoms with E-state index >= 15 is 0 Å². The number of pyridine rings is 1. The van der Waals surface area contributed by atoms with E-state index in [-0.39, 0.29) is 0 Å². The molecule has 0 amide bonds. The zero-order valence-electron chi connectivity index (χ0n) is 15.3. The van der Waals surface area contributed by atoms with Gasteiger partial charge in [0, 0.05) is 18.1 Å². The highest BCUT2D eigenvalue weighted by molar-refractivity contribution is 5.48. The molecule has 3 aromatic rings. The fourth-order valence-electron chi connectivity index (χ4n) is 3.64. The van der Waals surface area contributed by atoms with Crippen molar-refractivity contribution in [1.82, 2.24) is 4.98 Å². The van der Waals surface area contributed by atoms with E-state index in [1.165, 1.54) is 5.69 Å². The highest BCUT2D eigenvalue weighted by Crippen LogP contribution is 2.31. The van der Waals surface area contributed by atoms with E-state index in [1.54, 1.807) is 0 Å². The molecule has 1 saturated heterocycles. The van der Waals surface area contributed by atoms with Crippen LogP contribution in [0.4, 0.5) is 5.69 Å². The monoisotopic (exact) mass is 360 g/mol. The number of hydrogen-bond acceptors (Lipinski definition) is 4. The second-order valence-corrected chi connectivity index (χ2v) is 6.75. The topological polar surface area (TPSA) is 34.6 Å². The van der Waals surface area contributed by atoms with Crippen LogP contribution in [0, 0.1) is 0 Å². The summed E-state index contributed by atoms with van der Waals surface area (Å²) in [6, 6.07) is 24.8. The van der Waals surface area contributed by atoms with E-state index in [4.69, 9.17) is 9.47 Å². The standard InChI is InChI=1S/C23H24N2O2/c1-3-7-22(8-4-1)26-17-20-11-12-21(18-27-23-9-5-2-6-10-23)25(20)19-13-15-24-16-14-19/h1-10,13-16,20-21H,11-12,17-18H2/t20-,21-/m0/s1. The molecular weight excluding hydrogens is 336 g/mol. The molecular formula is C23H24N2O2. The third kappa shape index (κ3) is 4.40. The number of nitrogens with zero attached hydrogens (tertiary/aromatic N) is 2. The highest BCUT2D eigenvalue weighted by Gasteiger charge is 2.34. The lowest BCUT2D eigenvalue weighted by molar-refractivity contribution is 0.270. The maximum absolute atomic E-state index is 6.05. The Balaban J connectivity index is 1.46. The van der Waals surface area contributed by atoms with Crippen LogP contribution in [0.3, 0.4) is 0 Å². The van der Waals surface area contributed by atoms with E-state index < -0.39 is 0 Å². The van der Waals surface area contributed by atoms with Crippen LogP contribution in [-0.2, 0) is 0 Å². The number of ether oxygens (including phenoxy) is 2. The third-order valence-electron chi connectivity index (χ3n) is 4.95. The molecule has 0 bridgehead atoms. The first-order valence-corrected chi connectivity index (χ1v) is 9.44. The largest absolute Gasteiger partial charge is 0.491 e. The minimum atomic E-state index is 0.317. The summed E-state index contributed by atoms with van der Waals surface area (Å²) in [5.74, 6) is 1.83. The van der Waals surface area contributed by atoms with Gasteiger partial charge in [0.2, 0.25) is 0 Å². The van der Waals surface area contributed by atoms with Crippen molar-refractivity contribution in [2.75, 3.05) is 18.1 Å². The third-order valence-corrected chi connectivity index (χ3v) is 4.95. The summed E-state index contributed by atoms with van der Waals surface area (Å²) in [4.78, 5) is 6.60. The molecule has 1 fully saturated rings. The summed E-state index contributed by atoms with van der Waals surface area (Å²) in [5, 5.41) is 0. The molecule has 4 rings (SSSR count). The molecule has 2 aromatic carbocycles. The summed E-state index contributed by atoms with van der Waals surface area (Å²) >= 11 is 0. The number of anilines is 1. The molecule has 0 radical (unpaired) electrons. The van der Waals surface area contributed by atoms with Crippen molar-refractivity contribution in [2.45, 2.75) is 24.9 Å². The summed E-state index contributed by atoms with van der Waals surface area (Å²) in [6.07, 6.45) is 5.85. The quantitative estimate of drug-likeness (QED) is 0.618. The molecule has 1 aliphatic rings. The number of rotatable bonds is 7.